The molecule has 2 aromatic rings. The molecule has 1 aromatic heterocycles. The van der Waals surface area contributed by atoms with Crippen molar-refractivity contribution in [2.45, 2.75) is 26.7 Å². The molecule has 0 fully saturated rings. The van der Waals surface area contributed by atoms with Crippen LogP contribution < -0.4 is 0 Å². The van der Waals surface area contributed by atoms with Gasteiger partial charge >= 0.3 is 0 Å². The number of aryl methyl sites for hydroxylation is 1. The van der Waals surface area contributed by atoms with Gasteiger partial charge in [0, 0.05) is 17.5 Å². The van der Waals surface area contributed by atoms with E-state index in [4.69, 9.17) is 0 Å². The molecule has 1 heterocycles. The van der Waals surface area contributed by atoms with Crippen LogP contribution in [0.15, 0.2) is 36.5 Å². The standard InChI is InChI=1S/C14H17N/c1-10(2)14-11(3)15-9-13(14)12-7-5-4-6-8-12/h4-10,15H,1-3H3. The molecule has 15 heavy (non-hydrogen) atoms. The Kier molecular flexibility index (Phi) is 2.63. The molecule has 2 rings (SSSR count). The summed E-state index contributed by atoms with van der Waals surface area (Å²) in [5.41, 5.74) is 5.35. The summed E-state index contributed by atoms with van der Waals surface area (Å²) in [5.74, 6) is 0.562. The van der Waals surface area contributed by atoms with Gasteiger partial charge in [0.25, 0.3) is 0 Å². The van der Waals surface area contributed by atoms with E-state index in [1.54, 1.807) is 0 Å². The first kappa shape index (κ1) is 10.0. The number of rotatable bonds is 2. The Morgan fingerprint density at radius 2 is 1.73 bits per heavy atom. The Morgan fingerprint density at radius 3 is 2.33 bits per heavy atom. The number of nitrogens with one attached hydrogen (secondary N) is 1. The van der Waals surface area contributed by atoms with Crippen LogP contribution in [0, 0.1) is 6.92 Å². The van der Waals surface area contributed by atoms with Gasteiger partial charge in [-0.15, -0.1) is 0 Å². The molecular weight excluding hydrogens is 182 g/mol. The normalized spacial score (nSPS) is 10.9. The van der Waals surface area contributed by atoms with Crippen molar-refractivity contribution in [2.75, 3.05) is 0 Å². The lowest BCUT2D eigenvalue weighted by molar-refractivity contribution is 0.858. The second-order valence-electron chi connectivity index (χ2n) is 4.26. The summed E-state index contributed by atoms with van der Waals surface area (Å²) in [6.45, 7) is 6.62. The molecule has 0 saturated heterocycles. The minimum Gasteiger partial charge on any atom is -0.364 e. The number of H-pyrrole nitrogens is 1. The molecular formula is C14H17N. The van der Waals surface area contributed by atoms with Crippen molar-refractivity contribution < 1.29 is 0 Å². The molecule has 0 bridgehead atoms. The molecule has 1 N–H and O–H groups in total. The van der Waals surface area contributed by atoms with Crippen LogP contribution in [0.5, 0.6) is 0 Å². The van der Waals surface area contributed by atoms with E-state index in [0.717, 1.165) is 0 Å². The van der Waals surface area contributed by atoms with Gasteiger partial charge in [-0.1, -0.05) is 44.2 Å². The first-order valence-electron chi connectivity index (χ1n) is 5.43. The van der Waals surface area contributed by atoms with E-state index in [-0.39, 0.29) is 0 Å². The highest BCUT2D eigenvalue weighted by molar-refractivity contribution is 5.68. The molecule has 0 aliphatic rings. The molecule has 0 amide bonds. The first-order valence-corrected chi connectivity index (χ1v) is 5.43. The van der Waals surface area contributed by atoms with Gasteiger partial charge in [-0.3, -0.25) is 0 Å². The third-order valence-electron chi connectivity index (χ3n) is 2.79. The highest BCUT2D eigenvalue weighted by atomic mass is 14.7. The Bertz CT molecular complexity index is 438. The number of hydrogen-bond acceptors (Lipinski definition) is 0. The summed E-state index contributed by atoms with van der Waals surface area (Å²) in [4.78, 5) is 3.32. The molecule has 1 heteroatoms. The summed E-state index contributed by atoms with van der Waals surface area (Å²) >= 11 is 0. The average Bonchev–Trinajstić information content (AvgIpc) is 2.61. The maximum atomic E-state index is 3.32. The molecule has 0 radical (unpaired) electrons. The molecule has 0 unspecified atom stereocenters. The van der Waals surface area contributed by atoms with Crippen LogP contribution in [0.25, 0.3) is 11.1 Å². The third kappa shape index (κ3) is 1.82. The Hall–Kier alpha value is -1.50. The Morgan fingerprint density at radius 1 is 1.07 bits per heavy atom. The lowest BCUT2D eigenvalue weighted by Crippen LogP contribution is -1.90. The molecule has 1 aromatic carbocycles. The highest BCUT2D eigenvalue weighted by Crippen LogP contribution is 2.31. The third-order valence-corrected chi connectivity index (χ3v) is 2.79. The molecule has 0 aliphatic heterocycles. The zero-order valence-corrected chi connectivity index (χ0v) is 9.54. The van der Waals surface area contributed by atoms with Crippen LogP contribution in [0.2, 0.25) is 0 Å². The number of hydrogen-bond donors (Lipinski definition) is 1. The molecule has 0 saturated carbocycles. The fourth-order valence-electron chi connectivity index (χ4n) is 2.14. The monoisotopic (exact) mass is 199 g/mol. The zero-order valence-electron chi connectivity index (χ0n) is 9.54. The van der Waals surface area contributed by atoms with Crippen LogP contribution in [-0.2, 0) is 0 Å². The largest absolute Gasteiger partial charge is 0.364 e. The lowest BCUT2D eigenvalue weighted by Gasteiger charge is -2.08. The molecule has 0 atom stereocenters. The quantitative estimate of drug-likeness (QED) is 0.749. The molecule has 0 spiro atoms. The van der Waals surface area contributed by atoms with Gasteiger partial charge in [0.15, 0.2) is 0 Å². The van der Waals surface area contributed by atoms with Crippen LogP contribution in [0.4, 0.5) is 0 Å². The summed E-state index contributed by atoms with van der Waals surface area (Å²) in [7, 11) is 0. The summed E-state index contributed by atoms with van der Waals surface area (Å²) in [5, 5.41) is 0. The van der Waals surface area contributed by atoms with E-state index in [0.29, 0.717) is 5.92 Å². The number of aromatic nitrogens is 1. The fraction of sp³-hybridized carbons (Fsp3) is 0.286. The van der Waals surface area contributed by atoms with Gasteiger partial charge < -0.3 is 4.98 Å². The van der Waals surface area contributed by atoms with Crippen molar-refractivity contribution in [2.24, 2.45) is 0 Å². The summed E-state index contributed by atoms with van der Waals surface area (Å²) < 4.78 is 0. The molecule has 0 aliphatic carbocycles. The van der Waals surface area contributed by atoms with E-state index in [9.17, 15) is 0 Å². The van der Waals surface area contributed by atoms with E-state index in [2.05, 4.69) is 62.3 Å². The second kappa shape index (κ2) is 3.93. The maximum Gasteiger partial charge on any atom is 0.0157 e. The lowest BCUT2D eigenvalue weighted by atomic mass is 9.95. The number of benzene rings is 1. The molecule has 1 nitrogen and oxygen atoms in total. The number of aromatic amines is 1. The second-order valence-corrected chi connectivity index (χ2v) is 4.26. The van der Waals surface area contributed by atoms with Gasteiger partial charge in [0.05, 0.1) is 0 Å². The van der Waals surface area contributed by atoms with Gasteiger partial charge in [-0.05, 0) is 24.0 Å². The Labute approximate surface area is 91.2 Å². The van der Waals surface area contributed by atoms with Crippen LogP contribution >= 0.6 is 0 Å². The van der Waals surface area contributed by atoms with Crippen molar-refractivity contribution >= 4 is 0 Å². The Balaban J connectivity index is 2.54. The zero-order chi connectivity index (χ0) is 10.8. The minimum atomic E-state index is 0.562. The molecule has 78 valence electrons. The van der Waals surface area contributed by atoms with Crippen molar-refractivity contribution in [1.82, 2.24) is 4.98 Å². The highest BCUT2D eigenvalue weighted by Gasteiger charge is 2.12. The SMILES string of the molecule is Cc1[nH]cc(-c2ccccc2)c1C(C)C. The van der Waals surface area contributed by atoms with Crippen LogP contribution in [0.3, 0.4) is 0 Å². The fourth-order valence-corrected chi connectivity index (χ4v) is 2.14. The van der Waals surface area contributed by atoms with Gasteiger partial charge in [0.1, 0.15) is 0 Å². The van der Waals surface area contributed by atoms with E-state index < -0.39 is 0 Å². The van der Waals surface area contributed by atoms with E-state index in [1.807, 2.05) is 0 Å². The maximum absolute atomic E-state index is 3.32. The van der Waals surface area contributed by atoms with Crippen molar-refractivity contribution in [3.8, 4) is 11.1 Å². The van der Waals surface area contributed by atoms with Gasteiger partial charge in [-0.2, -0.15) is 0 Å². The smallest absolute Gasteiger partial charge is 0.0157 e. The predicted molar refractivity (Wildman–Crippen MR) is 65.1 cm³/mol. The van der Waals surface area contributed by atoms with Crippen molar-refractivity contribution in [3.63, 3.8) is 0 Å². The van der Waals surface area contributed by atoms with E-state index >= 15 is 0 Å². The topological polar surface area (TPSA) is 15.8 Å². The summed E-state index contributed by atoms with van der Waals surface area (Å²) in [6, 6.07) is 10.5. The first-order chi connectivity index (χ1) is 7.20. The predicted octanol–water partition coefficient (Wildman–Crippen LogP) is 4.11. The van der Waals surface area contributed by atoms with E-state index in [1.165, 1.54) is 22.4 Å². The van der Waals surface area contributed by atoms with Gasteiger partial charge in [-0.25, -0.2) is 0 Å². The van der Waals surface area contributed by atoms with Crippen molar-refractivity contribution in [1.29, 1.82) is 0 Å². The van der Waals surface area contributed by atoms with Gasteiger partial charge in [0.2, 0.25) is 0 Å². The summed E-state index contributed by atoms with van der Waals surface area (Å²) in [6.07, 6.45) is 2.11. The average molecular weight is 199 g/mol. The van der Waals surface area contributed by atoms with Crippen LogP contribution in [-0.4, -0.2) is 4.98 Å². The van der Waals surface area contributed by atoms with Crippen LogP contribution in [0.1, 0.15) is 31.0 Å². The minimum absolute atomic E-state index is 0.562. The van der Waals surface area contributed by atoms with Crippen molar-refractivity contribution in [3.05, 3.63) is 47.8 Å².